The first kappa shape index (κ1) is 19.5. The molecule has 2 aromatic heterocycles. The van der Waals surface area contributed by atoms with Crippen LogP contribution in [0.5, 0.6) is 0 Å². The van der Waals surface area contributed by atoms with Crippen molar-refractivity contribution in [1.82, 2.24) is 25.1 Å². The number of hydrogen-bond donors (Lipinski definition) is 2. The van der Waals surface area contributed by atoms with E-state index in [1.807, 2.05) is 30.5 Å². The monoisotopic (exact) mass is 413 g/mol. The molecule has 1 amide bonds. The van der Waals surface area contributed by atoms with Crippen LogP contribution in [0.25, 0.3) is 16.7 Å². The van der Waals surface area contributed by atoms with Crippen LogP contribution in [0.4, 0.5) is 0 Å². The second kappa shape index (κ2) is 8.02. The molecule has 0 saturated carbocycles. The fourth-order valence-electron chi connectivity index (χ4n) is 4.50. The third-order valence-electron chi connectivity index (χ3n) is 6.35. The van der Waals surface area contributed by atoms with Gasteiger partial charge in [0.15, 0.2) is 0 Å². The maximum Gasteiger partial charge on any atom is 0.220 e. The Morgan fingerprint density at radius 3 is 2.94 bits per heavy atom. The number of fused-ring (bicyclic) bond motifs is 2. The van der Waals surface area contributed by atoms with Gasteiger partial charge in [0.05, 0.1) is 29.0 Å². The molecule has 158 valence electrons. The van der Waals surface area contributed by atoms with Gasteiger partial charge in [-0.1, -0.05) is 24.3 Å². The molecule has 4 aromatic rings. The van der Waals surface area contributed by atoms with Gasteiger partial charge >= 0.3 is 0 Å². The third kappa shape index (κ3) is 3.74. The van der Waals surface area contributed by atoms with E-state index in [1.54, 1.807) is 0 Å². The van der Waals surface area contributed by atoms with Crippen LogP contribution in [0.15, 0.2) is 48.7 Å². The number of aryl methyl sites for hydroxylation is 2. The molecule has 1 aliphatic rings. The molecule has 1 unspecified atom stereocenters. The van der Waals surface area contributed by atoms with Crippen molar-refractivity contribution < 1.29 is 4.79 Å². The summed E-state index contributed by atoms with van der Waals surface area (Å²) < 4.78 is 2.06. The van der Waals surface area contributed by atoms with Crippen molar-refractivity contribution in [2.75, 3.05) is 0 Å². The Bertz CT molecular complexity index is 1220. The number of carbonyl (C=O) groups is 1. The fourth-order valence-corrected chi connectivity index (χ4v) is 4.50. The van der Waals surface area contributed by atoms with Crippen LogP contribution in [0.1, 0.15) is 53.5 Å². The highest BCUT2D eigenvalue weighted by Crippen LogP contribution is 2.32. The van der Waals surface area contributed by atoms with Crippen molar-refractivity contribution in [2.24, 2.45) is 0 Å². The van der Waals surface area contributed by atoms with Crippen molar-refractivity contribution in [2.45, 2.75) is 52.0 Å². The lowest BCUT2D eigenvalue weighted by molar-refractivity contribution is -0.121. The molecule has 5 rings (SSSR count). The molecule has 1 aliphatic carbocycles. The van der Waals surface area contributed by atoms with Gasteiger partial charge in [0, 0.05) is 24.1 Å². The van der Waals surface area contributed by atoms with E-state index in [0.717, 1.165) is 47.4 Å². The van der Waals surface area contributed by atoms with Gasteiger partial charge in [-0.15, -0.1) is 0 Å². The van der Waals surface area contributed by atoms with E-state index in [-0.39, 0.29) is 11.9 Å². The van der Waals surface area contributed by atoms with Gasteiger partial charge in [-0.25, -0.2) is 9.67 Å². The van der Waals surface area contributed by atoms with Crippen molar-refractivity contribution in [3.8, 4) is 5.69 Å². The Kier molecular flexibility index (Phi) is 5.06. The summed E-state index contributed by atoms with van der Waals surface area (Å²) in [5.41, 5.74) is 7.92. The number of imidazole rings is 1. The first-order chi connectivity index (χ1) is 15.1. The van der Waals surface area contributed by atoms with Gasteiger partial charge in [0.2, 0.25) is 5.91 Å². The molecule has 6 heteroatoms. The summed E-state index contributed by atoms with van der Waals surface area (Å²) in [4.78, 5) is 20.6. The van der Waals surface area contributed by atoms with Gasteiger partial charge in [0.25, 0.3) is 0 Å². The molecule has 0 fully saturated rings. The van der Waals surface area contributed by atoms with Crippen molar-refractivity contribution in [3.05, 3.63) is 76.9 Å². The number of amides is 1. The molecule has 0 bridgehead atoms. The smallest absolute Gasteiger partial charge is 0.220 e. The Labute approximate surface area is 181 Å². The van der Waals surface area contributed by atoms with Crippen LogP contribution in [0, 0.1) is 13.8 Å². The molecule has 0 aliphatic heterocycles. The van der Waals surface area contributed by atoms with E-state index in [2.05, 4.69) is 52.0 Å². The van der Waals surface area contributed by atoms with E-state index < -0.39 is 0 Å². The number of para-hydroxylation sites is 2. The average Bonchev–Trinajstić information content (AvgIpc) is 3.39. The van der Waals surface area contributed by atoms with Crippen molar-refractivity contribution in [1.29, 1.82) is 0 Å². The van der Waals surface area contributed by atoms with E-state index in [9.17, 15) is 4.79 Å². The van der Waals surface area contributed by atoms with Crippen LogP contribution in [0.3, 0.4) is 0 Å². The van der Waals surface area contributed by atoms with Gasteiger partial charge in [-0.3, -0.25) is 4.79 Å². The SMILES string of the molecule is Cc1cccc(-n2ncc3c2CCCC3NC(=O)CCc2nc3ccccc3[nH]2)c1C. The second-order valence-electron chi connectivity index (χ2n) is 8.39. The van der Waals surface area contributed by atoms with Gasteiger partial charge < -0.3 is 10.3 Å². The van der Waals surface area contributed by atoms with Crippen LogP contribution in [-0.4, -0.2) is 25.7 Å². The van der Waals surface area contributed by atoms with Crippen LogP contribution < -0.4 is 5.32 Å². The van der Waals surface area contributed by atoms with E-state index >= 15 is 0 Å². The minimum atomic E-state index is 0.0192. The first-order valence-electron chi connectivity index (χ1n) is 11.0. The van der Waals surface area contributed by atoms with Crippen molar-refractivity contribution >= 4 is 16.9 Å². The standard InChI is InChI=1S/C25H27N5O/c1-16-7-5-11-22(17(16)2)30-23-12-6-10-19(18(23)15-26-30)29-25(31)14-13-24-27-20-8-3-4-9-21(20)28-24/h3-5,7-9,11,15,19H,6,10,12-14H2,1-2H3,(H,27,28)(H,29,31). The number of carbonyl (C=O) groups excluding carboxylic acids is 1. The zero-order valence-electron chi connectivity index (χ0n) is 18.0. The number of aromatic amines is 1. The summed E-state index contributed by atoms with van der Waals surface area (Å²) in [7, 11) is 0. The lowest BCUT2D eigenvalue weighted by Crippen LogP contribution is -2.31. The summed E-state index contributed by atoms with van der Waals surface area (Å²) in [6, 6.07) is 14.3. The van der Waals surface area contributed by atoms with Gasteiger partial charge in [-0.2, -0.15) is 5.10 Å². The molecule has 0 saturated heterocycles. The molecule has 31 heavy (non-hydrogen) atoms. The zero-order valence-corrected chi connectivity index (χ0v) is 18.0. The number of nitrogens with one attached hydrogen (secondary N) is 2. The summed E-state index contributed by atoms with van der Waals surface area (Å²) in [5.74, 6) is 0.904. The molecule has 0 spiro atoms. The Balaban J connectivity index is 1.29. The number of benzene rings is 2. The molecule has 1 atom stereocenters. The average molecular weight is 414 g/mol. The molecular weight excluding hydrogens is 386 g/mol. The lowest BCUT2D eigenvalue weighted by atomic mass is 9.92. The zero-order chi connectivity index (χ0) is 21.4. The number of hydrogen-bond acceptors (Lipinski definition) is 3. The molecule has 6 nitrogen and oxygen atoms in total. The normalized spacial score (nSPS) is 15.7. The summed E-state index contributed by atoms with van der Waals surface area (Å²) in [6.07, 6.45) is 5.91. The Morgan fingerprint density at radius 1 is 1.19 bits per heavy atom. The third-order valence-corrected chi connectivity index (χ3v) is 6.35. The lowest BCUT2D eigenvalue weighted by Gasteiger charge is -2.24. The highest BCUT2D eigenvalue weighted by Gasteiger charge is 2.26. The maximum absolute atomic E-state index is 12.7. The van der Waals surface area contributed by atoms with E-state index in [1.165, 1.54) is 16.8 Å². The fraction of sp³-hybridized carbons (Fsp3) is 0.320. The highest BCUT2D eigenvalue weighted by atomic mass is 16.1. The van der Waals surface area contributed by atoms with E-state index in [4.69, 9.17) is 5.10 Å². The number of aromatic nitrogens is 4. The minimum Gasteiger partial charge on any atom is -0.349 e. The number of H-pyrrole nitrogens is 1. The van der Waals surface area contributed by atoms with E-state index in [0.29, 0.717) is 12.8 Å². The molecular formula is C25H27N5O. The number of rotatable bonds is 5. The summed E-state index contributed by atoms with van der Waals surface area (Å²) >= 11 is 0. The van der Waals surface area contributed by atoms with Gasteiger partial charge in [-0.05, 0) is 62.4 Å². The van der Waals surface area contributed by atoms with Crippen LogP contribution in [-0.2, 0) is 17.6 Å². The predicted octanol–water partition coefficient (Wildman–Crippen LogP) is 4.49. The largest absolute Gasteiger partial charge is 0.349 e. The minimum absolute atomic E-state index is 0.0192. The summed E-state index contributed by atoms with van der Waals surface area (Å²) in [6.45, 7) is 4.26. The second-order valence-corrected chi connectivity index (χ2v) is 8.39. The van der Waals surface area contributed by atoms with Crippen LogP contribution in [0.2, 0.25) is 0 Å². The van der Waals surface area contributed by atoms with Crippen molar-refractivity contribution in [3.63, 3.8) is 0 Å². The van der Waals surface area contributed by atoms with Crippen LogP contribution >= 0.6 is 0 Å². The quantitative estimate of drug-likeness (QED) is 0.506. The van der Waals surface area contributed by atoms with Gasteiger partial charge in [0.1, 0.15) is 5.82 Å². The topological polar surface area (TPSA) is 75.6 Å². The predicted molar refractivity (Wildman–Crippen MR) is 121 cm³/mol. The molecule has 0 radical (unpaired) electrons. The Morgan fingerprint density at radius 2 is 2.06 bits per heavy atom. The highest BCUT2D eigenvalue weighted by molar-refractivity contribution is 5.77. The molecule has 2 aromatic carbocycles. The maximum atomic E-state index is 12.7. The summed E-state index contributed by atoms with van der Waals surface area (Å²) in [5, 5.41) is 7.93. The first-order valence-corrected chi connectivity index (χ1v) is 11.0. The number of nitrogens with zero attached hydrogens (tertiary/aromatic N) is 3. The Hall–Kier alpha value is -3.41. The molecule has 2 N–H and O–H groups in total. The molecule has 2 heterocycles.